The number of carbonyl (C=O) groups excluding carboxylic acids is 1. The molecule has 2 heterocycles. The van der Waals surface area contributed by atoms with Crippen molar-refractivity contribution in [2.45, 2.75) is 33.2 Å². The quantitative estimate of drug-likeness (QED) is 0.888. The van der Waals surface area contributed by atoms with E-state index in [1.54, 1.807) is 17.5 Å². The Bertz CT molecular complexity index is 549. The van der Waals surface area contributed by atoms with Gasteiger partial charge in [-0.05, 0) is 25.0 Å². The fourth-order valence-electron chi connectivity index (χ4n) is 1.99. The third-order valence-corrected chi connectivity index (χ3v) is 4.10. The van der Waals surface area contributed by atoms with E-state index < -0.39 is 0 Å². The van der Waals surface area contributed by atoms with Crippen LogP contribution in [0.25, 0.3) is 11.4 Å². The lowest BCUT2D eigenvalue weighted by atomic mass is 10.0. The van der Waals surface area contributed by atoms with Crippen LogP contribution in [0.1, 0.15) is 31.7 Å². The molecule has 0 fully saturated rings. The monoisotopic (exact) mass is 289 g/mol. The first-order chi connectivity index (χ1) is 9.74. The summed E-state index contributed by atoms with van der Waals surface area (Å²) < 4.78 is 0. The van der Waals surface area contributed by atoms with E-state index in [1.807, 2.05) is 37.4 Å². The van der Waals surface area contributed by atoms with E-state index in [1.165, 1.54) is 0 Å². The lowest BCUT2D eigenvalue weighted by Gasteiger charge is -2.11. The Morgan fingerprint density at radius 2 is 2.10 bits per heavy atom. The van der Waals surface area contributed by atoms with Crippen molar-refractivity contribution in [1.82, 2.24) is 15.3 Å². The van der Waals surface area contributed by atoms with Gasteiger partial charge < -0.3 is 5.32 Å². The van der Waals surface area contributed by atoms with E-state index in [9.17, 15) is 4.79 Å². The average molecular weight is 289 g/mol. The van der Waals surface area contributed by atoms with Gasteiger partial charge in [0.25, 0.3) is 0 Å². The topological polar surface area (TPSA) is 54.9 Å². The summed E-state index contributed by atoms with van der Waals surface area (Å²) in [5.41, 5.74) is 1.73. The maximum Gasteiger partial charge on any atom is 0.223 e. The fourth-order valence-corrected chi connectivity index (χ4v) is 2.72. The average Bonchev–Trinajstić information content (AvgIpc) is 2.96. The summed E-state index contributed by atoms with van der Waals surface area (Å²) in [5.74, 6) is 0.217. The number of aromatic nitrogens is 2. The van der Waals surface area contributed by atoms with Gasteiger partial charge in [-0.2, -0.15) is 0 Å². The normalized spacial score (nSPS) is 10.8. The lowest BCUT2D eigenvalue weighted by molar-refractivity contribution is -0.125. The Labute approximate surface area is 123 Å². The van der Waals surface area contributed by atoms with Gasteiger partial charge in [-0.15, -0.1) is 11.3 Å². The number of carbonyl (C=O) groups is 1. The molecule has 2 aromatic heterocycles. The van der Waals surface area contributed by atoms with E-state index in [-0.39, 0.29) is 11.8 Å². The Balaban J connectivity index is 1.95. The molecule has 0 atom stereocenters. The standard InChI is InChI=1S/C15H19N3OS/c1-3-11(4-2)15(19)17-9-14-18-13(10-20-14)12-7-5-6-8-16-12/h5-8,10-11H,3-4,9H2,1-2H3,(H,17,19). The van der Waals surface area contributed by atoms with Crippen molar-refractivity contribution in [3.8, 4) is 11.4 Å². The van der Waals surface area contributed by atoms with Crippen LogP contribution in [0, 0.1) is 5.92 Å². The van der Waals surface area contributed by atoms with Gasteiger partial charge in [0.15, 0.2) is 0 Å². The highest BCUT2D eigenvalue weighted by Crippen LogP contribution is 2.19. The molecule has 1 amide bonds. The maximum atomic E-state index is 11.9. The minimum atomic E-state index is 0.102. The van der Waals surface area contributed by atoms with Gasteiger partial charge in [-0.1, -0.05) is 19.9 Å². The molecule has 0 aliphatic carbocycles. The van der Waals surface area contributed by atoms with Crippen LogP contribution in [0.2, 0.25) is 0 Å². The van der Waals surface area contributed by atoms with Gasteiger partial charge in [0, 0.05) is 17.5 Å². The summed E-state index contributed by atoms with van der Waals surface area (Å²) in [6.45, 7) is 4.57. The minimum absolute atomic E-state index is 0.102. The molecule has 20 heavy (non-hydrogen) atoms. The molecule has 106 valence electrons. The van der Waals surface area contributed by atoms with E-state index >= 15 is 0 Å². The van der Waals surface area contributed by atoms with Crippen molar-refractivity contribution in [3.05, 3.63) is 34.8 Å². The molecule has 1 N–H and O–H groups in total. The third-order valence-electron chi connectivity index (χ3n) is 3.25. The molecule has 0 saturated heterocycles. The minimum Gasteiger partial charge on any atom is -0.349 e. The molecule has 0 saturated carbocycles. The number of thiazole rings is 1. The zero-order valence-corrected chi connectivity index (χ0v) is 12.6. The molecule has 0 aromatic carbocycles. The molecule has 5 heteroatoms. The number of hydrogen-bond donors (Lipinski definition) is 1. The second-order valence-corrected chi connectivity index (χ2v) is 5.52. The highest BCUT2D eigenvalue weighted by atomic mass is 32.1. The van der Waals surface area contributed by atoms with Gasteiger partial charge in [-0.25, -0.2) is 4.98 Å². The van der Waals surface area contributed by atoms with Crippen LogP contribution in [0.4, 0.5) is 0 Å². The van der Waals surface area contributed by atoms with Crippen molar-refractivity contribution < 1.29 is 4.79 Å². The molecule has 0 unspecified atom stereocenters. The largest absolute Gasteiger partial charge is 0.349 e. The Hall–Kier alpha value is -1.75. The van der Waals surface area contributed by atoms with Crippen molar-refractivity contribution >= 4 is 17.2 Å². The van der Waals surface area contributed by atoms with Crippen LogP contribution in [-0.4, -0.2) is 15.9 Å². The number of hydrogen-bond acceptors (Lipinski definition) is 4. The molecule has 0 spiro atoms. The second-order valence-electron chi connectivity index (χ2n) is 4.57. The Kier molecular flexibility index (Phi) is 5.24. The van der Waals surface area contributed by atoms with Gasteiger partial charge in [0.05, 0.1) is 17.9 Å². The van der Waals surface area contributed by atoms with Crippen LogP contribution in [0.3, 0.4) is 0 Å². The summed E-state index contributed by atoms with van der Waals surface area (Å²) >= 11 is 1.55. The van der Waals surface area contributed by atoms with E-state index in [4.69, 9.17) is 0 Å². The van der Waals surface area contributed by atoms with Crippen molar-refractivity contribution in [2.75, 3.05) is 0 Å². The van der Waals surface area contributed by atoms with Crippen LogP contribution in [0.5, 0.6) is 0 Å². The SMILES string of the molecule is CCC(CC)C(=O)NCc1nc(-c2ccccn2)cs1. The second kappa shape index (κ2) is 7.14. The molecule has 2 rings (SSSR count). The molecular weight excluding hydrogens is 270 g/mol. The van der Waals surface area contributed by atoms with Crippen molar-refractivity contribution in [1.29, 1.82) is 0 Å². The van der Waals surface area contributed by atoms with Crippen LogP contribution in [-0.2, 0) is 11.3 Å². The van der Waals surface area contributed by atoms with E-state index in [0.29, 0.717) is 6.54 Å². The molecule has 0 radical (unpaired) electrons. The Morgan fingerprint density at radius 1 is 1.30 bits per heavy atom. The molecule has 0 aliphatic rings. The zero-order chi connectivity index (χ0) is 14.4. The third kappa shape index (κ3) is 3.63. The van der Waals surface area contributed by atoms with Gasteiger partial charge >= 0.3 is 0 Å². The summed E-state index contributed by atoms with van der Waals surface area (Å²) in [7, 11) is 0. The molecule has 0 aliphatic heterocycles. The number of amides is 1. The van der Waals surface area contributed by atoms with E-state index in [2.05, 4.69) is 15.3 Å². The molecule has 4 nitrogen and oxygen atoms in total. The number of nitrogens with one attached hydrogen (secondary N) is 1. The lowest BCUT2D eigenvalue weighted by Crippen LogP contribution is -2.29. The Morgan fingerprint density at radius 3 is 2.75 bits per heavy atom. The highest BCUT2D eigenvalue weighted by molar-refractivity contribution is 7.09. The fraction of sp³-hybridized carbons (Fsp3) is 0.400. The maximum absolute atomic E-state index is 11.9. The molecule has 0 bridgehead atoms. The number of pyridine rings is 1. The van der Waals surface area contributed by atoms with Crippen LogP contribution in [0.15, 0.2) is 29.8 Å². The first-order valence-corrected chi connectivity index (χ1v) is 7.76. The summed E-state index contributed by atoms with van der Waals surface area (Å²) in [6, 6.07) is 5.75. The molecule has 2 aromatic rings. The number of rotatable bonds is 6. The number of nitrogens with zero attached hydrogens (tertiary/aromatic N) is 2. The first-order valence-electron chi connectivity index (χ1n) is 6.88. The zero-order valence-electron chi connectivity index (χ0n) is 11.8. The van der Waals surface area contributed by atoms with Crippen molar-refractivity contribution in [2.24, 2.45) is 5.92 Å². The highest BCUT2D eigenvalue weighted by Gasteiger charge is 2.14. The summed E-state index contributed by atoms with van der Waals surface area (Å²) in [6.07, 6.45) is 3.50. The van der Waals surface area contributed by atoms with Crippen LogP contribution < -0.4 is 5.32 Å². The van der Waals surface area contributed by atoms with E-state index in [0.717, 1.165) is 29.2 Å². The van der Waals surface area contributed by atoms with Gasteiger partial charge in [0.2, 0.25) is 5.91 Å². The van der Waals surface area contributed by atoms with Gasteiger partial charge in [-0.3, -0.25) is 9.78 Å². The van der Waals surface area contributed by atoms with Crippen LogP contribution >= 0.6 is 11.3 Å². The molecular formula is C15H19N3OS. The summed E-state index contributed by atoms with van der Waals surface area (Å²) in [4.78, 5) is 20.7. The predicted molar refractivity (Wildman–Crippen MR) is 81.3 cm³/mol. The summed E-state index contributed by atoms with van der Waals surface area (Å²) in [5, 5.41) is 5.83. The predicted octanol–water partition coefficient (Wildman–Crippen LogP) is 3.26. The first kappa shape index (κ1) is 14.7. The van der Waals surface area contributed by atoms with Gasteiger partial charge in [0.1, 0.15) is 5.01 Å². The van der Waals surface area contributed by atoms with Crippen molar-refractivity contribution in [3.63, 3.8) is 0 Å². The smallest absolute Gasteiger partial charge is 0.223 e.